The van der Waals surface area contributed by atoms with Crippen molar-refractivity contribution in [3.05, 3.63) is 35.1 Å². The number of β-amino-alcohol motifs (C(OH)–C–C–N with tert-alkyl or cyclic N) is 1. The number of aliphatic hydroxyl groups excluding tert-OH is 1. The summed E-state index contributed by atoms with van der Waals surface area (Å²) in [6.07, 6.45) is 1.06. The van der Waals surface area contributed by atoms with Gasteiger partial charge >= 0.3 is 6.03 Å². The largest absolute Gasteiger partial charge is 0.391 e. The predicted octanol–water partition coefficient (Wildman–Crippen LogP) is 2.09. The van der Waals surface area contributed by atoms with E-state index in [2.05, 4.69) is 5.32 Å². The number of benzene rings is 1. The monoisotopic (exact) mass is 294 g/mol. The third-order valence-corrected chi connectivity index (χ3v) is 4.18. The van der Waals surface area contributed by atoms with Crippen molar-refractivity contribution in [3.8, 4) is 0 Å². The van der Waals surface area contributed by atoms with Crippen molar-refractivity contribution >= 4 is 6.03 Å². The van der Waals surface area contributed by atoms with Crippen LogP contribution in [0.25, 0.3) is 0 Å². The van der Waals surface area contributed by atoms with Crippen LogP contribution >= 0.6 is 0 Å². The first-order chi connectivity index (χ1) is 9.97. The predicted molar refractivity (Wildman–Crippen MR) is 79.6 cm³/mol. The number of carbonyl (C=O) groups is 1. The van der Waals surface area contributed by atoms with E-state index >= 15 is 0 Å². The number of likely N-dealkylation sites (tertiary alicyclic amines) is 1. The summed E-state index contributed by atoms with van der Waals surface area (Å²) in [6.45, 7) is 5.44. The Morgan fingerprint density at radius 3 is 2.95 bits per heavy atom. The normalized spacial score (nSPS) is 22.2. The number of piperidine rings is 1. The van der Waals surface area contributed by atoms with Gasteiger partial charge in [-0.1, -0.05) is 13.0 Å². The molecule has 1 aliphatic heterocycles. The Kier molecular flexibility index (Phi) is 5.17. The molecule has 2 amide bonds. The number of aryl methyl sites for hydroxylation is 1. The average Bonchev–Trinajstić information content (AvgIpc) is 2.44. The maximum absolute atomic E-state index is 13.0. The number of nitrogens with one attached hydrogen (secondary N) is 1. The van der Waals surface area contributed by atoms with E-state index in [0.717, 1.165) is 17.5 Å². The van der Waals surface area contributed by atoms with Gasteiger partial charge in [-0.2, -0.15) is 0 Å². The van der Waals surface area contributed by atoms with Gasteiger partial charge in [-0.15, -0.1) is 0 Å². The van der Waals surface area contributed by atoms with E-state index in [0.29, 0.717) is 26.1 Å². The van der Waals surface area contributed by atoms with Crippen LogP contribution in [0.5, 0.6) is 0 Å². The van der Waals surface area contributed by atoms with Crippen molar-refractivity contribution in [2.45, 2.75) is 32.8 Å². The highest BCUT2D eigenvalue weighted by Crippen LogP contribution is 2.16. The summed E-state index contributed by atoms with van der Waals surface area (Å²) in [5, 5.41) is 12.7. The van der Waals surface area contributed by atoms with Gasteiger partial charge in [0.25, 0.3) is 0 Å². The van der Waals surface area contributed by atoms with Crippen molar-refractivity contribution in [1.29, 1.82) is 0 Å². The highest BCUT2D eigenvalue weighted by Gasteiger charge is 2.26. The fraction of sp³-hybridized carbons (Fsp3) is 0.562. The molecule has 0 aromatic heterocycles. The van der Waals surface area contributed by atoms with Crippen LogP contribution in [-0.2, 0) is 6.42 Å². The zero-order chi connectivity index (χ0) is 15.4. The Morgan fingerprint density at radius 2 is 2.29 bits per heavy atom. The van der Waals surface area contributed by atoms with Crippen molar-refractivity contribution in [3.63, 3.8) is 0 Å². The topological polar surface area (TPSA) is 52.6 Å². The molecule has 2 rings (SSSR count). The highest BCUT2D eigenvalue weighted by molar-refractivity contribution is 5.74. The first-order valence-electron chi connectivity index (χ1n) is 7.43. The SMILES string of the molecule is Cc1cc(F)ccc1CCNC(=O)N1CCC(C)C(O)C1. The molecule has 4 nitrogen and oxygen atoms in total. The third kappa shape index (κ3) is 4.17. The van der Waals surface area contributed by atoms with Crippen LogP contribution in [0.2, 0.25) is 0 Å². The third-order valence-electron chi connectivity index (χ3n) is 4.18. The van der Waals surface area contributed by atoms with Crippen molar-refractivity contribution in [1.82, 2.24) is 10.2 Å². The number of halogens is 1. The lowest BCUT2D eigenvalue weighted by Gasteiger charge is -2.34. The first kappa shape index (κ1) is 15.8. The number of amides is 2. The molecule has 5 heteroatoms. The summed E-state index contributed by atoms with van der Waals surface area (Å²) < 4.78 is 13.0. The lowest BCUT2D eigenvalue weighted by molar-refractivity contribution is 0.0436. The lowest BCUT2D eigenvalue weighted by Crippen LogP contribution is -2.50. The molecule has 1 saturated heterocycles. The van der Waals surface area contributed by atoms with Crippen LogP contribution in [0.3, 0.4) is 0 Å². The quantitative estimate of drug-likeness (QED) is 0.897. The minimum Gasteiger partial charge on any atom is -0.391 e. The maximum atomic E-state index is 13.0. The Bertz CT molecular complexity index is 507. The highest BCUT2D eigenvalue weighted by atomic mass is 19.1. The van der Waals surface area contributed by atoms with Crippen molar-refractivity contribution in [2.24, 2.45) is 5.92 Å². The summed E-state index contributed by atoms with van der Waals surface area (Å²) in [4.78, 5) is 13.7. The number of hydrogen-bond acceptors (Lipinski definition) is 2. The smallest absolute Gasteiger partial charge is 0.317 e. The zero-order valence-corrected chi connectivity index (χ0v) is 12.6. The molecule has 0 radical (unpaired) electrons. The van der Waals surface area contributed by atoms with E-state index in [9.17, 15) is 14.3 Å². The Morgan fingerprint density at radius 1 is 1.52 bits per heavy atom. The van der Waals surface area contributed by atoms with Gasteiger partial charge in [-0.05, 0) is 48.9 Å². The van der Waals surface area contributed by atoms with Crippen LogP contribution in [-0.4, -0.2) is 41.8 Å². The molecule has 2 atom stereocenters. The molecule has 1 fully saturated rings. The molecule has 21 heavy (non-hydrogen) atoms. The fourth-order valence-electron chi connectivity index (χ4n) is 2.59. The van der Waals surface area contributed by atoms with Crippen LogP contribution < -0.4 is 5.32 Å². The molecule has 1 aromatic carbocycles. The van der Waals surface area contributed by atoms with Gasteiger partial charge in [0.2, 0.25) is 0 Å². The van der Waals surface area contributed by atoms with E-state index in [1.807, 2.05) is 13.8 Å². The zero-order valence-electron chi connectivity index (χ0n) is 12.6. The summed E-state index contributed by atoms with van der Waals surface area (Å²) in [5.41, 5.74) is 1.93. The molecule has 2 N–H and O–H groups in total. The summed E-state index contributed by atoms with van der Waals surface area (Å²) in [6, 6.07) is 4.55. The standard InChI is InChI=1S/C16H23FN2O2/c1-11-6-8-19(10-15(11)20)16(21)18-7-5-13-3-4-14(17)9-12(13)2/h3-4,9,11,15,20H,5-8,10H2,1-2H3,(H,18,21). The molecule has 0 spiro atoms. The molecule has 0 aliphatic carbocycles. The lowest BCUT2D eigenvalue weighted by atomic mass is 9.96. The van der Waals surface area contributed by atoms with Gasteiger partial charge in [0.05, 0.1) is 6.10 Å². The molecule has 1 aliphatic rings. The maximum Gasteiger partial charge on any atom is 0.317 e. The van der Waals surface area contributed by atoms with E-state index in [1.165, 1.54) is 12.1 Å². The second-order valence-electron chi connectivity index (χ2n) is 5.83. The van der Waals surface area contributed by atoms with Crippen LogP contribution in [0.1, 0.15) is 24.5 Å². The number of rotatable bonds is 3. The van der Waals surface area contributed by atoms with E-state index in [-0.39, 0.29) is 17.8 Å². The number of carbonyl (C=O) groups excluding carboxylic acids is 1. The van der Waals surface area contributed by atoms with Crippen LogP contribution in [0, 0.1) is 18.7 Å². The molecular weight excluding hydrogens is 271 g/mol. The Labute approximate surface area is 125 Å². The number of hydrogen-bond donors (Lipinski definition) is 2. The Balaban J connectivity index is 1.79. The summed E-state index contributed by atoms with van der Waals surface area (Å²) in [5.74, 6) is 0.00706. The van der Waals surface area contributed by atoms with Crippen molar-refractivity contribution in [2.75, 3.05) is 19.6 Å². The molecule has 2 unspecified atom stereocenters. The van der Waals surface area contributed by atoms with Crippen LogP contribution in [0.15, 0.2) is 18.2 Å². The number of nitrogens with zero attached hydrogens (tertiary/aromatic N) is 1. The molecule has 116 valence electrons. The van der Waals surface area contributed by atoms with Gasteiger partial charge in [0, 0.05) is 19.6 Å². The minimum atomic E-state index is -0.441. The Hall–Kier alpha value is -1.62. The van der Waals surface area contributed by atoms with Gasteiger partial charge in [-0.25, -0.2) is 9.18 Å². The average molecular weight is 294 g/mol. The van der Waals surface area contributed by atoms with Gasteiger partial charge in [0.1, 0.15) is 5.82 Å². The summed E-state index contributed by atoms with van der Waals surface area (Å²) in [7, 11) is 0. The minimum absolute atomic E-state index is 0.138. The second kappa shape index (κ2) is 6.89. The van der Waals surface area contributed by atoms with Crippen molar-refractivity contribution < 1.29 is 14.3 Å². The fourth-order valence-corrected chi connectivity index (χ4v) is 2.59. The van der Waals surface area contributed by atoms with Crippen LogP contribution in [0.4, 0.5) is 9.18 Å². The number of urea groups is 1. The molecular formula is C16H23FN2O2. The molecule has 0 bridgehead atoms. The van der Waals surface area contributed by atoms with E-state index in [1.54, 1.807) is 11.0 Å². The molecule has 0 saturated carbocycles. The van der Waals surface area contributed by atoms with Gasteiger partial charge in [0.15, 0.2) is 0 Å². The van der Waals surface area contributed by atoms with Gasteiger partial charge in [-0.3, -0.25) is 0 Å². The van der Waals surface area contributed by atoms with E-state index < -0.39 is 6.10 Å². The first-order valence-corrected chi connectivity index (χ1v) is 7.43. The molecule has 1 aromatic rings. The second-order valence-corrected chi connectivity index (χ2v) is 5.83. The summed E-state index contributed by atoms with van der Waals surface area (Å²) >= 11 is 0. The van der Waals surface area contributed by atoms with Gasteiger partial charge < -0.3 is 15.3 Å². The number of aliphatic hydroxyl groups is 1. The van der Waals surface area contributed by atoms with E-state index in [4.69, 9.17) is 0 Å². The molecule has 1 heterocycles.